The molecule has 0 bridgehead atoms. The summed E-state index contributed by atoms with van der Waals surface area (Å²) >= 11 is 0. The highest BCUT2D eigenvalue weighted by Gasteiger charge is 2.11. The predicted octanol–water partition coefficient (Wildman–Crippen LogP) is 5.33. The highest BCUT2D eigenvalue weighted by Crippen LogP contribution is 2.12. The number of carbonyl (C=O) groups is 2. The number of hydrogen-bond donors (Lipinski definition) is 2. The van der Waals surface area contributed by atoms with Crippen LogP contribution < -0.4 is 11.5 Å². The minimum absolute atomic E-state index is 0.0196. The number of ketones is 2. The summed E-state index contributed by atoms with van der Waals surface area (Å²) < 4.78 is 0. The molecule has 0 aliphatic heterocycles. The first kappa shape index (κ1) is 25.4. The van der Waals surface area contributed by atoms with Gasteiger partial charge in [0.15, 0.2) is 11.6 Å². The van der Waals surface area contributed by atoms with Gasteiger partial charge in [0.2, 0.25) is 0 Å². The number of rotatable bonds is 15. The van der Waals surface area contributed by atoms with Crippen molar-refractivity contribution in [3.63, 3.8) is 0 Å². The van der Waals surface area contributed by atoms with E-state index in [0.717, 1.165) is 49.7 Å². The molecular formula is C28H36N2O2. The molecule has 0 aliphatic rings. The molecule has 0 radical (unpaired) electrons. The van der Waals surface area contributed by atoms with Crippen molar-refractivity contribution in [2.75, 3.05) is 0 Å². The maximum Gasteiger partial charge on any atom is 0.172 e. The van der Waals surface area contributed by atoms with E-state index in [0.29, 0.717) is 12.8 Å². The quantitative estimate of drug-likeness (QED) is 0.294. The third kappa shape index (κ3) is 10.5. The largest absolute Gasteiger partial charge is 0.321 e. The normalized spacial score (nSPS) is 13.4. The van der Waals surface area contributed by atoms with Gasteiger partial charge in [-0.25, -0.2) is 0 Å². The highest BCUT2D eigenvalue weighted by molar-refractivity contribution is 5.97. The first-order chi connectivity index (χ1) is 15.6. The van der Waals surface area contributed by atoms with Crippen LogP contribution in [0.15, 0.2) is 72.8 Å². The fraction of sp³-hybridized carbons (Fsp3) is 0.357. The van der Waals surface area contributed by atoms with E-state index in [4.69, 9.17) is 11.5 Å². The summed E-state index contributed by atoms with van der Waals surface area (Å²) in [5.41, 5.74) is 14.0. The zero-order valence-electron chi connectivity index (χ0n) is 18.9. The molecule has 0 saturated carbocycles. The third-order valence-corrected chi connectivity index (χ3v) is 5.49. The summed E-state index contributed by atoms with van der Waals surface area (Å²) in [7, 11) is 0. The van der Waals surface area contributed by atoms with Crippen molar-refractivity contribution >= 4 is 23.7 Å². The maximum absolute atomic E-state index is 12.1. The van der Waals surface area contributed by atoms with Gasteiger partial charge in [-0.3, -0.25) is 9.59 Å². The van der Waals surface area contributed by atoms with Gasteiger partial charge in [-0.1, -0.05) is 111 Å². The Morgan fingerprint density at radius 1 is 0.594 bits per heavy atom. The molecule has 170 valence electrons. The van der Waals surface area contributed by atoms with E-state index in [1.54, 1.807) is 12.2 Å². The van der Waals surface area contributed by atoms with Crippen molar-refractivity contribution in [1.82, 2.24) is 0 Å². The van der Waals surface area contributed by atoms with Gasteiger partial charge in [-0.2, -0.15) is 0 Å². The smallest absolute Gasteiger partial charge is 0.172 e. The van der Waals surface area contributed by atoms with Crippen molar-refractivity contribution in [2.24, 2.45) is 11.5 Å². The van der Waals surface area contributed by atoms with Gasteiger partial charge in [0.05, 0.1) is 12.1 Å². The summed E-state index contributed by atoms with van der Waals surface area (Å²) in [6.45, 7) is 0. The Balaban J connectivity index is 1.50. The molecule has 2 atom stereocenters. The maximum atomic E-state index is 12.1. The molecule has 2 aromatic carbocycles. The first-order valence-electron chi connectivity index (χ1n) is 11.6. The van der Waals surface area contributed by atoms with Crippen LogP contribution in [0, 0.1) is 0 Å². The molecule has 2 aromatic rings. The number of unbranched alkanes of at least 4 members (excludes halogenated alkanes) is 5. The van der Waals surface area contributed by atoms with E-state index in [2.05, 4.69) is 0 Å². The lowest BCUT2D eigenvalue weighted by atomic mass is 10.0. The SMILES string of the molecule is NC(CCCCCCCCC(N)C(=O)C=Cc1ccccc1)C(=O)C=Cc1ccccc1. The fourth-order valence-corrected chi connectivity index (χ4v) is 3.45. The Morgan fingerprint density at radius 2 is 0.938 bits per heavy atom. The number of nitrogens with two attached hydrogens (primary N) is 2. The van der Waals surface area contributed by atoms with Gasteiger partial charge in [0, 0.05) is 0 Å². The second-order valence-corrected chi connectivity index (χ2v) is 8.20. The average Bonchev–Trinajstić information content (AvgIpc) is 2.83. The second kappa shape index (κ2) is 15.1. The number of carbonyl (C=O) groups excluding carboxylic acids is 2. The van der Waals surface area contributed by atoms with Crippen LogP contribution in [0.5, 0.6) is 0 Å². The Bertz CT molecular complexity index is 786. The molecule has 32 heavy (non-hydrogen) atoms. The summed E-state index contributed by atoms with van der Waals surface area (Å²) in [6.07, 6.45) is 14.5. The Hall–Kier alpha value is -2.82. The monoisotopic (exact) mass is 432 g/mol. The minimum atomic E-state index is -0.428. The molecule has 4 N–H and O–H groups in total. The van der Waals surface area contributed by atoms with Crippen molar-refractivity contribution in [3.8, 4) is 0 Å². The van der Waals surface area contributed by atoms with E-state index in [1.807, 2.05) is 72.8 Å². The minimum Gasteiger partial charge on any atom is -0.321 e. The predicted molar refractivity (Wildman–Crippen MR) is 134 cm³/mol. The molecule has 0 aromatic heterocycles. The summed E-state index contributed by atoms with van der Waals surface area (Å²) in [5.74, 6) is -0.0392. The lowest BCUT2D eigenvalue weighted by Gasteiger charge is -2.09. The Labute approximate surface area is 192 Å². The van der Waals surface area contributed by atoms with E-state index < -0.39 is 12.1 Å². The zero-order chi connectivity index (χ0) is 23.0. The van der Waals surface area contributed by atoms with Crippen LogP contribution in [-0.2, 0) is 9.59 Å². The van der Waals surface area contributed by atoms with Crippen LogP contribution in [0.4, 0.5) is 0 Å². The van der Waals surface area contributed by atoms with Crippen molar-refractivity contribution in [2.45, 2.75) is 63.5 Å². The second-order valence-electron chi connectivity index (χ2n) is 8.20. The van der Waals surface area contributed by atoms with Crippen LogP contribution in [-0.4, -0.2) is 23.7 Å². The molecule has 2 unspecified atom stereocenters. The number of hydrogen-bond acceptors (Lipinski definition) is 4. The molecule has 0 saturated heterocycles. The highest BCUT2D eigenvalue weighted by atomic mass is 16.1. The van der Waals surface area contributed by atoms with Gasteiger partial charge in [-0.05, 0) is 36.1 Å². The van der Waals surface area contributed by atoms with Crippen LogP contribution >= 0.6 is 0 Å². The third-order valence-electron chi connectivity index (χ3n) is 5.49. The summed E-state index contributed by atoms with van der Waals surface area (Å²) in [5, 5.41) is 0. The van der Waals surface area contributed by atoms with Gasteiger partial charge in [0.25, 0.3) is 0 Å². The van der Waals surface area contributed by atoms with Crippen LogP contribution in [0.25, 0.3) is 12.2 Å². The molecule has 0 spiro atoms. The van der Waals surface area contributed by atoms with Crippen LogP contribution in [0.1, 0.15) is 62.5 Å². The standard InChI is InChI=1S/C28H36N2O2/c29-25(27(31)21-19-23-13-7-5-8-14-23)17-11-3-1-2-4-12-18-26(30)28(32)22-20-24-15-9-6-10-16-24/h5-10,13-16,19-22,25-26H,1-4,11-12,17-18,29-30H2. The summed E-state index contributed by atoms with van der Waals surface area (Å²) in [4.78, 5) is 24.2. The van der Waals surface area contributed by atoms with Gasteiger partial charge in [0.1, 0.15) is 0 Å². The van der Waals surface area contributed by atoms with E-state index in [-0.39, 0.29) is 11.6 Å². The van der Waals surface area contributed by atoms with Crippen LogP contribution in [0.3, 0.4) is 0 Å². The van der Waals surface area contributed by atoms with Gasteiger partial charge in [-0.15, -0.1) is 0 Å². The molecule has 0 amide bonds. The summed E-state index contributed by atoms with van der Waals surface area (Å²) in [6, 6.07) is 18.6. The zero-order valence-corrected chi connectivity index (χ0v) is 18.9. The van der Waals surface area contributed by atoms with Crippen LogP contribution in [0.2, 0.25) is 0 Å². The van der Waals surface area contributed by atoms with Gasteiger partial charge >= 0.3 is 0 Å². The average molecular weight is 433 g/mol. The lowest BCUT2D eigenvalue weighted by Crippen LogP contribution is -2.28. The Morgan fingerprint density at radius 3 is 1.31 bits per heavy atom. The fourth-order valence-electron chi connectivity index (χ4n) is 3.45. The van der Waals surface area contributed by atoms with Crippen molar-refractivity contribution in [3.05, 3.63) is 83.9 Å². The Kier molecular flexibility index (Phi) is 12.0. The topological polar surface area (TPSA) is 86.2 Å². The lowest BCUT2D eigenvalue weighted by molar-refractivity contribution is -0.116. The molecular weight excluding hydrogens is 396 g/mol. The van der Waals surface area contributed by atoms with Crippen molar-refractivity contribution < 1.29 is 9.59 Å². The van der Waals surface area contributed by atoms with Crippen molar-refractivity contribution in [1.29, 1.82) is 0 Å². The van der Waals surface area contributed by atoms with E-state index in [9.17, 15) is 9.59 Å². The molecule has 4 nitrogen and oxygen atoms in total. The molecule has 0 heterocycles. The number of benzene rings is 2. The molecule has 0 aliphatic carbocycles. The van der Waals surface area contributed by atoms with E-state index in [1.165, 1.54) is 0 Å². The van der Waals surface area contributed by atoms with E-state index >= 15 is 0 Å². The molecule has 2 rings (SSSR count). The molecule has 0 fully saturated rings. The van der Waals surface area contributed by atoms with Gasteiger partial charge < -0.3 is 11.5 Å². The molecule has 4 heteroatoms. The first-order valence-corrected chi connectivity index (χ1v) is 11.6.